The third-order valence-electron chi connectivity index (χ3n) is 7.00. The van der Waals surface area contributed by atoms with E-state index in [-0.39, 0.29) is 48.9 Å². The number of methoxy groups -OCH3 is 1. The molecule has 0 aromatic rings. The first-order chi connectivity index (χ1) is 23.0. The minimum absolute atomic E-state index is 0.0223. The van der Waals surface area contributed by atoms with Crippen molar-refractivity contribution in [3.63, 3.8) is 0 Å². The molecule has 49 heavy (non-hydrogen) atoms. The lowest BCUT2D eigenvalue weighted by molar-refractivity contribution is -0.158. The quantitative estimate of drug-likeness (QED) is 0.0679. The third kappa shape index (κ3) is 29.6. The summed E-state index contributed by atoms with van der Waals surface area (Å²) in [5.74, 6) is -0.0328. The zero-order valence-electron chi connectivity index (χ0n) is 34.0. The Morgan fingerprint density at radius 2 is 1.35 bits per heavy atom. The molecule has 0 aromatic carbocycles. The molecule has 2 N–H and O–H groups in total. The average Bonchev–Trinajstić information content (AvgIpc) is 3.04. The van der Waals surface area contributed by atoms with Gasteiger partial charge in [0.15, 0.2) is 0 Å². The number of unbranched alkanes of at least 4 members (excludes halogenated alkanes) is 2. The van der Waals surface area contributed by atoms with Gasteiger partial charge in [0, 0.05) is 70.7 Å². The Hall–Kier alpha value is -1.85. The molecular formula is C36H76N5O7P. The summed E-state index contributed by atoms with van der Waals surface area (Å²) in [4.78, 5) is 49.1. The molecule has 292 valence electrons. The maximum absolute atomic E-state index is 12.5. The Kier molecular flexibility index (Phi) is 32.5. The lowest BCUT2D eigenvalue weighted by Crippen LogP contribution is -2.47. The van der Waals surface area contributed by atoms with E-state index in [4.69, 9.17) is 14.2 Å². The zero-order chi connectivity index (χ0) is 38.5. The number of amides is 4. The van der Waals surface area contributed by atoms with Crippen LogP contribution < -0.4 is 10.6 Å². The Labute approximate surface area is 301 Å². The molecule has 0 spiro atoms. The van der Waals surface area contributed by atoms with E-state index in [0.717, 1.165) is 38.3 Å². The van der Waals surface area contributed by atoms with Gasteiger partial charge in [0.1, 0.15) is 6.73 Å². The standard InChI is InChI=1S/C23H46N4O4.C11H24NO3P.C2H6/c1-8-12-14-20(28)24-16-22(30)26(10-3)17-23(5,6)18-31-19-25(7)27(11-4)21(29)15-13-9-2;1-10(13)12-8-16(5)9-15-7-11(2,3)6-14-4;1-2/h8-19H2,1-7H3,(H,24,28);6-9H2,1-5H3,(H,12,13);1-2H3. The van der Waals surface area contributed by atoms with E-state index in [2.05, 4.69) is 38.1 Å². The van der Waals surface area contributed by atoms with E-state index in [0.29, 0.717) is 59.0 Å². The number of nitrogens with one attached hydrogen (secondary N) is 2. The first kappa shape index (κ1) is 51.5. The number of carbonyl (C=O) groups is 4. The molecular weight excluding hydrogens is 645 g/mol. The monoisotopic (exact) mass is 722 g/mol. The lowest BCUT2D eigenvalue weighted by atomic mass is 9.94. The van der Waals surface area contributed by atoms with Gasteiger partial charge < -0.3 is 29.7 Å². The van der Waals surface area contributed by atoms with Crippen molar-refractivity contribution in [1.29, 1.82) is 0 Å². The molecule has 4 amide bonds. The molecule has 0 radical (unpaired) electrons. The van der Waals surface area contributed by atoms with Crippen LogP contribution in [-0.2, 0) is 33.4 Å². The molecule has 0 aliphatic heterocycles. The number of rotatable bonds is 25. The molecule has 0 rings (SSSR count). The largest absolute Gasteiger partial charge is 0.384 e. The minimum atomic E-state index is -0.270. The van der Waals surface area contributed by atoms with E-state index >= 15 is 0 Å². The smallest absolute Gasteiger partial charge is 0.241 e. The van der Waals surface area contributed by atoms with Crippen molar-refractivity contribution in [3.05, 3.63) is 0 Å². The maximum Gasteiger partial charge on any atom is 0.241 e. The molecule has 0 saturated carbocycles. The van der Waals surface area contributed by atoms with Crippen LogP contribution in [-0.4, -0.2) is 125 Å². The number of hydrogen-bond acceptors (Lipinski definition) is 8. The number of hydrazine groups is 1. The van der Waals surface area contributed by atoms with Crippen LogP contribution in [0.4, 0.5) is 0 Å². The first-order valence-electron chi connectivity index (χ1n) is 18.1. The van der Waals surface area contributed by atoms with E-state index in [1.165, 1.54) is 6.92 Å². The summed E-state index contributed by atoms with van der Waals surface area (Å²) in [7, 11) is 3.28. The highest BCUT2D eigenvalue weighted by Crippen LogP contribution is 2.29. The van der Waals surface area contributed by atoms with Crippen LogP contribution in [0.3, 0.4) is 0 Å². The summed E-state index contributed by atoms with van der Waals surface area (Å²) in [5, 5.41) is 9.04. The summed E-state index contributed by atoms with van der Waals surface area (Å²) in [6.07, 6.45) is 6.12. The SMILES string of the molecule is CC.CCCCC(=O)NCC(=O)N(CC)CC(C)(C)COCN(C)N(CC)C(=O)CCCC.COCC(C)(C)COCP(C)CNC(C)=O. The molecule has 0 bridgehead atoms. The second-order valence-electron chi connectivity index (χ2n) is 13.6. The molecule has 0 aliphatic rings. The van der Waals surface area contributed by atoms with Crippen LogP contribution in [0, 0.1) is 10.8 Å². The number of carbonyl (C=O) groups excluding carboxylic acids is 4. The summed E-state index contributed by atoms with van der Waals surface area (Å²) in [6, 6.07) is 0. The van der Waals surface area contributed by atoms with Crippen LogP contribution >= 0.6 is 7.92 Å². The predicted octanol–water partition coefficient (Wildman–Crippen LogP) is 5.89. The van der Waals surface area contributed by atoms with Gasteiger partial charge in [-0.3, -0.25) is 24.2 Å². The van der Waals surface area contributed by atoms with Crippen LogP contribution in [0.5, 0.6) is 0 Å². The van der Waals surface area contributed by atoms with Crippen molar-refractivity contribution in [2.45, 2.75) is 115 Å². The maximum atomic E-state index is 12.5. The molecule has 0 saturated heterocycles. The van der Waals surface area contributed by atoms with Gasteiger partial charge in [0.05, 0.1) is 32.7 Å². The average molecular weight is 722 g/mol. The van der Waals surface area contributed by atoms with Crippen molar-refractivity contribution in [3.8, 4) is 0 Å². The van der Waals surface area contributed by atoms with Gasteiger partial charge in [-0.2, -0.15) is 5.01 Å². The van der Waals surface area contributed by atoms with Crippen LogP contribution in [0.25, 0.3) is 0 Å². The fourth-order valence-electron chi connectivity index (χ4n) is 4.44. The van der Waals surface area contributed by atoms with Crippen molar-refractivity contribution in [2.75, 3.05) is 86.2 Å². The fraction of sp³-hybridized carbons (Fsp3) is 0.889. The molecule has 13 heteroatoms. The molecule has 0 aliphatic carbocycles. The predicted molar refractivity (Wildman–Crippen MR) is 203 cm³/mol. The van der Waals surface area contributed by atoms with Gasteiger partial charge in [-0.15, -0.1) is 0 Å². The van der Waals surface area contributed by atoms with Crippen LogP contribution in [0.1, 0.15) is 115 Å². The van der Waals surface area contributed by atoms with E-state index in [9.17, 15) is 19.2 Å². The highest BCUT2D eigenvalue weighted by atomic mass is 31.1. The Morgan fingerprint density at radius 1 is 0.776 bits per heavy atom. The lowest BCUT2D eigenvalue weighted by Gasteiger charge is -2.34. The fourth-order valence-corrected chi connectivity index (χ4v) is 5.43. The van der Waals surface area contributed by atoms with Gasteiger partial charge in [-0.05, 0) is 33.4 Å². The van der Waals surface area contributed by atoms with E-state index in [1.54, 1.807) is 17.0 Å². The number of ether oxygens (including phenoxy) is 3. The molecule has 0 heterocycles. The second-order valence-corrected chi connectivity index (χ2v) is 15.9. The molecule has 0 fully saturated rings. The van der Waals surface area contributed by atoms with E-state index in [1.807, 2.05) is 60.5 Å². The van der Waals surface area contributed by atoms with Gasteiger partial charge in [-0.1, -0.05) is 76.2 Å². The Bertz CT molecular complexity index is 877. The third-order valence-corrected chi connectivity index (χ3v) is 8.32. The first-order valence-corrected chi connectivity index (χ1v) is 20.3. The number of likely N-dealkylation sites (N-methyl/N-ethyl adjacent to an activating group) is 1. The highest BCUT2D eigenvalue weighted by Gasteiger charge is 2.26. The highest BCUT2D eigenvalue weighted by molar-refractivity contribution is 7.56. The number of hydrogen-bond donors (Lipinski definition) is 2. The zero-order valence-corrected chi connectivity index (χ0v) is 34.9. The van der Waals surface area contributed by atoms with Gasteiger partial charge in [-0.25, -0.2) is 0 Å². The van der Waals surface area contributed by atoms with Gasteiger partial charge in [0.25, 0.3) is 0 Å². The Morgan fingerprint density at radius 3 is 1.86 bits per heavy atom. The summed E-state index contributed by atoms with van der Waals surface area (Å²) >= 11 is 0. The van der Waals surface area contributed by atoms with Crippen molar-refractivity contribution >= 4 is 31.6 Å². The molecule has 1 atom stereocenters. The normalized spacial score (nSPS) is 11.8. The van der Waals surface area contributed by atoms with E-state index < -0.39 is 0 Å². The van der Waals surface area contributed by atoms with Crippen molar-refractivity contribution in [1.82, 2.24) is 25.6 Å². The summed E-state index contributed by atoms with van der Waals surface area (Å²) < 4.78 is 16.6. The minimum Gasteiger partial charge on any atom is -0.384 e. The van der Waals surface area contributed by atoms with Crippen LogP contribution in [0.2, 0.25) is 0 Å². The number of nitrogens with zero attached hydrogens (tertiary/aromatic N) is 3. The van der Waals surface area contributed by atoms with Gasteiger partial charge in [0.2, 0.25) is 23.6 Å². The Balaban J connectivity index is -0.000000986. The molecule has 1 unspecified atom stereocenters. The molecule has 12 nitrogen and oxygen atoms in total. The van der Waals surface area contributed by atoms with Crippen LogP contribution in [0.15, 0.2) is 0 Å². The molecule has 0 aromatic heterocycles. The summed E-state index contributed by atoms with van der Waals surface area (Å²) in [6.45, 7) is 27.8. The topological polar surface area (TPSA) is 130 Å². The van der Waals surface area contributed by atoms with Gasteiger partial charge >= 0.3 is 0 Å². The van der Waals surface area contributed by atoms with Crippen molar-refractivity contribution in [2.24, 2.45) is 10.8 Å². The second kappa shape index (κ2) is 30.9. The summed E-state index contributed by atoms with van der Waals surface area (Å²) in [5.41, 5.74) is -0.207. The van der Waals surface area contributed by atoms with Crippen molar-refractivity contribution < 1.29 is 33.4 Å².